The Bertz CT molecular complexity index is 481. The van der Waals surface area contributed by atoms with Crippen LogP contribution in [0.3, 0.4) is 0 Å². The Hall–Kier alpha value is -0.740. The maximum Gasteiger partial charge on any atom is 0.264 e. The number of ether oxygens (including phenoxy) is 1. The van der Waals surface area contributed by atoms with Crippen molar-refractivity contribution in [3.63, 3.8) is 0 Å². The number of hydrogen-bond acceptors (Lipinski definition) is 3. The van der Waals surface area contributed by atoms with Gasteiger partial charge in [-0.25, -0.2) is 8.42 Å². The lowest BCUT2D eigenvalue weighted by Crippen LogP contribution is -2.04. The fourth-order valence-corrected chi connectivity index (χ4v) is 2.39. The van der Waals surface area contributed by atoms with Crippen LogP contribution in [0, 0.1) is 12.8 Å². The van der Waals surface area contributed by atoms with Gasteiger partial charge in [-0.2, -0.15) is 0 Å². The zero-order valence-corrected chi connectivity index (χ0v) is 11.8. The second-order valence-electron chi connectivity index (χ2n) is 4.42. The Balaban J connectivity index is 2.92. The zero-order valence-electron chi connectivity index (χ0n) is 10.2. The number of halogens is 1. The molecule has 0 fully saturated rings. The Kier molecular flexibility index (Phi) is 4.83. The van der Waals surface area contributed by atoms with Crippen LogP contribution in [0.5, 0.6) is 5.75 Å². The van der Waals surface area contributed by atoms with Crippen molar-refractivity contribution in [2.75, 3.05) is 6.61 Å². The summed E-state index contributed by atoms with van der Waals surface area (Å²) in [6.07, 6.45) is 0.871. The molecular weight excluding hydrogens is 260 g/mol. The molecule has 0 unspecified atom stereocenters. The molecule has 0 aliphatic carbocycles. The van der Waals surface area contributed by atoms with Crippen LogP contribution >= 0.6 is 10.7 Å². The molecule has 0 radical (unpaired) electrons. The highest BCUT2D eigenvalue weighted by Gasteiger charge is 2.17. The molecule has 1 aromatic rings. The van der Waals surface area contributed by atoms with Gasteiger partial charge >= 0.3 is 0 Å². The molecular formula is C12H17ClO3S. The van der Waals surface area contributed by atoms with E-state index in [9.17, 15) is 8.42 Å². The van der Waals surface area contributed by atoms with Crippen molar-refractivity contribution in [1.82, 2.24) is 0 Å². The van der Waals surface area contributed by atoms with Crippen LogP contribution in [0.25, 0.3) is 0 Å². The Morgan fingerprint density at radius 2 is 2.00 bits per heavy atom. The van der Waals surface area contributed by atoms with E-state index in [0.717, 1.165) is 12.0 Å². The van der Waals surface area contributed by atoms with Crippen molar-refractivity contribution in [3.8, 4) is 5.75 Å². The van der Waals surface area contributed by atoms with E-state index >= 15 is 0 Å². The first-order valence-electron chi connectivity index (χ1n) is 5.49. The van der Waals surface area contributed by atoms with Crippen LogP contribution in [0.15, 0.2) is 23.1 Å². The van der Waals surface area contributed by atoms with Gasteiger partial charge in [0.25, 0.3) is 9.05 Å². The predicted molar refractivity (Wildman–Crippen MR) is 69.2 cm³/mol. The summed E-state index contributed by atoms with van der Waals surface area (Å²) in [7, 11) is 1.61. The third-order valence-corrected chi connectivity index (χ3v) is 3.66. The monoisotopic (exact) mass is 276 g/mol. The average molecular weight is 277 g/mol. The highest BCUT2D eigenvalue weighted by molar-refractivity contribution is 8.13. The van der Waals surface area contributed by atoms with Gasteiger partial charge < -0.3 is 4.74 Å². The van der Waals surface area contributed by atoms with Gasteiger partial charge in [0.1, 0.15) is 10.6 Å². The van der Waals surface area contributed by atoms with Crippen LogP contribution in [0.1, 0.15) is 25.8 Å². The number of rotatable bonds is 5. The van der Waals surface area contributed by atoms with E-state index in [4.69, 9.17) is 15.4 Å². The van der Waals surface area contributed by atoms with E-state index in [1.807, 2.05) is 6.92 Å². The molecule has 0 heterocycles. The lowest BCUT2D eigenvalue weighted by molar-refractivity contribution is 0.283. The van der Waals surface area contributed by atoms with E-state index in [0.29, 0.717) is 18.3 Å². The maximum atomic E-state index is 11.4. The van der Waals surface area contributed by atoms with E-state index in [-0.39, 0.29) is 4.90 Å². The normalized spacial score (nSPS) is 11.8. The summed E-state index contributed by atoms with van der Waals surface area (Å²) in [5.74, 6) is 0.836. The van der Waals surface area contributed by atoms with Gasteiger partial charge in [0.05, 0.1) is 6.61 Å². The molecule has 0 saturated carbocycles. The van der Waals surface area contributed by atoms with Crippen LogP contribution in [-0.4, -0.2) is 15.0 Å². The predicted octanol–water partition coefficient (Wildman–Crippen LogP) is 3.35. The second kappa shape index (κ2) is 5.74. The van der Waals surface area contributed by atoms with Crippen LogP contribution < -0.4 is 4.74 Å². The molecule has 0 N–H and O–H groups in total. The Labute approximate surface area is 107 Å². The average Bonchev–Trinajstić information content (AvgIpc) is 2.18. The highest BCUT2D eigenvalue weighted by Crippen LogP contribution is 2.28. The van der Waals surface area contributed by atoms with Gasteiger partial charge in [0, 0.05) is 10.7 Å². The molecule has 1 rings (SSSR count). The minimum atomic E-state index is -3.76. The van der Waals surface area contributed by atoms with Crippen molar-refractivity contribution in [2.24, 2.45) is 5.92 Å². The van der Waals surface area contributed by atoms with Crippen LogP contribution in [-0.2, 0) is 9.05 Å². The first-order valence-corrected chi connectivity index (χ1v) is 7.79. The molecule has 0 bridgehead atoms. The maximum absolute atomic E-state index is 11.4. The van der Waals surface area contributed by atoms with Crippen molar-refractivity contribution >= 4 is 19.7 Å². The van der Waals surface area contributed by atoms with E-state index in [2.05, 4.69) is 13.8 Å². The molecule has 0 aliphatic heterocycles. The minimum Gasteiger partial charge on any atom is -0.492 e. The summed E-state index contributed by atoms with van der Waals surface area (Å²) in [4.78, 5) is 0.0444. The summed E-state index contributed by atoms with van der Waals surface area (Å²) >= 11 is 0. The topological polar surface area (TPSA) is 43.4 Å². The molecule has 96 valence electrons. The lowest BCUT2D eigenvalue weighted by Gasteiger charge is -2.11. The second-order valence-corrected chi connectivity index (χ2v) is 6.95. The summed E-state index contributed by atoms with van der Waals surface area (Å²) in [6.45, 7) is 6.46. The minimum absolute atomic E-state index is 0.0444. The molecule has 5 heteroatoms. The van der Waals surface area contributed by atoms with Gasteiger partial charge in [-0.3, -0.25) is 0 Å². The molecule has 0 aromatic heterocycles. The fraction of sp³-hybridized carbons (Fsp3) is 0.500. The molecule has 1 aromatic carbocycles. The van der Waals surface area contributed by atoms with E-state index < -0.39 is 9.05 Å². The number of hydrogen-bond donors (Lipinski definition) is 0. The van der Waals surface area contributed by atoms with Crippen molar-refractivity contribution in [3.05, 3.63) is 23.8 Å². The summed E-state index contributed by atoms with van der Waals surface area (Å²) in [5, 5.41) is 0. The standard InChI is InChI=1S/C12H17ClO3S/c1-9(2)6-7-16-11-5-4-10(3)8-12(11)17(13,14)15/h4-5,8-9H,6-7H2,1-3H3. The van der Waals surface area contributed by atoms with Gasteiger partial charge in [0.2, 0.25) is 0 Å². The molecule has 17 heavy (non-hydrogen) atoms. The van der Waals surface area contributed by atoms with Gasteiger partial charge in [-0.05, 0) is 37.0 Å². The SMILES string of the molecule is Cc1ccc(OCCC(C)C)c(S(=O)(=O)Cl)c1. The fourth-order valence-electron chi connectivity index (χ4n) is 1.33. The van der Waals surface area contributed by atoms with E-state index in [1.54, 1.807) is 12.1 Å². The van der Waals surface area contributed by atoms with Crippen LogP contribution in [0.2, 0.25) is 0 Å². The molecule has 0 saturated heterocycles. The molecule has 0 amide bonds. The summed E-state index contributed by atoms with van der Waals surface area (Å²) < 4.78 is 28.2. The van der Waals surface area contributed by atoms with Crippen molar-refractivity contribution in [1.29, 1.82) is 0 Å². The molecule has 0 spiro atoms. The van der Waals surface area contributed by atoms with Gasteiger partial charge in [-0.15, -0.1) is 0 Å². The lowest BCUT2D eigenvalue weighted by atomic mass is 10.1. The molecule has 0 atom stereocenters. The van der Waals surface area contributed by atoms with Crippen molar-refractivity contribution < 1.29 is 13.2 Å². The van der Waals surface area contributed by atoms with Crippen molar-refractivity contribution in [2.45, 2.75) is 32.1 Å². The molecule has 3 nitrogen and oxygen atoms in total. The largest absolute Gasteiger partial charge is 0.492 e. The first-order chi connectivity index (χ1) is 7.80. The quantitative estimate of drug-likeness (QED) is 0.775. The smallest absolute Gasteiger partial charge is 0.264 e. The first kappa shape index (κ1) is 14.3. The zero-order chi connectivity index (χ0) is 13.1. The molecule has 0 aliphatic rings. The summed E-state index contributed by atoms with van der Waals surface area (Å²) in [6, 6.07) is 4.97. The third-order valence-electron chi connectivity index (χ3n) is 2.31. The van der Waals surface area contributed by atoms with E-state index in [1.165, 1.54) is 6.07 Å². The third kappa shape index (κ3) is 4.56. The Morgan fingerprint density at radius 3 is 2.53 bits per heavy atom. The van der Waals surface area contributed by atoms with Crippen LogP contribution in [0.4, 0.5) is 0 Å². The highest BCUT2D eigenvalue weighted by atomic mass is 35.7. The van der Waals surface area contributed by atoms with Gasteiger partial charge in [0.15, 0.2) is 0 Å². The summed E-state index contributed by atoms with van der Waals surface area (Å²) in [5.41, 5.74) is 0.834. The van der Waals surface area contributed by atoms with Gasteiger partial charge in [-0.1, -0.05) is 19.9 Å². The Morgan fingerprint density at radius 1 is 1.35 bits per heavy atom. The number of benzene rings is 1. The number of aryl methyl sites for hydroxylation is 1.